The summed E-state index contributed by atoms with van der Waals surface area (Å²) >= 11 is 4.80. The van der Waals surface area contributed by atoms with E-state index in [0.29, 0.717) is 0 Å². The third-order valence-electron chi connectivity index (χ3n) is 2.90. The molecular weight excluding hydrogens is 196 g/mol. The van der Waals surface area contributed by atoms with Crippen molar-refractivity contribution in [3.05, 3.63) is 0 Å². The lowest BCUT2D eigenvalue weighted by atomic mass is 9.98. The van der Waals surface area contributed by atoms with Crippen LogP contribution in [0.1, 0.15) is 34.1 Å². The van der Waals surface area contributed by atoms with Crippen LogP contribution in [0.15, 0.2) is 0 Å². The number of nitrogens with zero attached hydrogens (tertiary/aromatic N) is 1. The smallest absolute Gasteiger partial charge is 0.232 e. The molecule has 2 N–H and O–H groups in total. The lowest BCUT2D eigenvalue weighted by molar-refractivity contribution is -0.136. The van der Waals surface area contributed by atoms with E-state index in [4.69, 9.17) is 18.0 Å². The predicted molar refractivity (Wildman–Crippen MR) is 63.1 cm³/mol. The lowest BCUT2D eigenvalue weighted by Gasteiger charge is -2.36. The van der Waals surface area contributed by atoms with E-state index in [1.54, 1.807) is 18.9 Å². The van der Waals surface area contributed by atoms with Crippen molar-refractivity contribution in [2.75, 3.05) is 7.05 Å². The maximum atomic E-state index is 11.8. The highest BCUT2D eigenvalue weighted by molar-refractivity contribution is 7.80. The first-order chi connectivity index (χ1) is 6.24. The summed E-state index contributed by atoms with van der Waals surface area (Å²) in [5, 5.41) is 0. The summed E-state index contributed by atoms with van der Waals surface area (Å²) in [6.45, 7) is 7.84. The summed E-state index contributed by atoms with van der Waals surface area (Å²) in [7, 11) is 1.79. The molecule has 3 nitrogen and oxygen atoms in total. The molecule has 0 rings (SSSR count). The van der Waals surface area contributed by atoms with E-state index >= 15 is 0 Å². The Morgan fingerprint density at radius 1 is 1.57 bits per heavy atom. The first kappa shape index (κ1) is 13.4. The molecule has 0 aromatic carbocycles. The molecule has 0 aliphatic heterocycles. The average molecular weight is 216 g/mol. The quantitative estimate of drug-likeness (QED) is 0.725. The van der Waals surface area contributed by atoms with Gasteiger partial charge in [-0.25, -0.2) is 0 Å². The van der Waals surface area contributed by atoms with Crippen molar-refractivity contribution in [2.24, 2.45) is 11.7 Å². The van der Waals surface area contributed by atoms with Crippen LogP contribution in [0.25, 0.3) is 0 Å². The molecule has 0 fully saturated rings. The molecule has 0 saturated heterocycles. The minimum Gasteiger partial charge on any atom is -0.393 e. The first-order valence-corrected chi connectivity index (χ1v) is 5.21. The second-order valence-corrected chi connectivity index (χ2v) is 4.66. The monoisotopic (exact) mass is 216 g/mol. The Morgan fingerprint density at radius 2 is 2.00 bits per heavy atom. The van der Waals surface area contributed by atoms with Gasteiger partial charge < -0.3 is 10.6 Å². The summed E-state index contributed by atoms with van der Waals surface area (Å²) < 4.78 is 0. The Bertz CT molecular complexity index is 238. The SMILES string of the molecule is CCC(C)(C)N(C)C(=O)C(C)C(N)=S. The molecule has 82 valence electrons. The van der Waals surface area contributed by atoms with Crippen LogP contribution in [-0.2, 0) is 4.79 Å². The van der Waals surface area contributed by atoms with Gasteiger partial charge in [0.25, 0.3) is 0 Å². The molecule has 1 unspecified atom stereocenters. The van der Waals surface area contributed by atoms with Crippen LogP contribution in [-0.4, -0.2) is 28.4 Å². The van der Waals surface area contributed by atoms with Gasteiger partial charge in [0.15, 0.2) is 0 Å². The number of hydrogen-bond acceptors (Lipinski definition) is 2. The fraction of sp³-hybridized carbons (Fsp3) is 0.800. The van der Waals surface area contributed by atoms with Gasteiger partial charge in [-0.1, -0.05) is 19.1 Å². The van der Waals surface area contributed by atoms with E-state index in [-0.39, 0.29) is 22.4 Å². The fourth-order valence-electron chi connectivity index (χ4n) is 0.948. The molecule has 14 heavy (non-hydrogen) atoms. The van der Waals surface area contributed by atoms with Crippen molar-refractivity contribution in [1.29, 1.82) is 0 Å². The Balaban J connectivity index is 4.63. The van der Waals surface area contributed by atoms with Gasteiger partial charge in [0, 0.05) is 12.6 Å². The van der Waals surface area contributed by atoms with E-state index in [0.717, 1.165) is 6.42 Å². The van der Waals surface area contributed by atoms with Crippen molar-refractivity contribution in [1.82, 2.24) is 4.90 Å². The first-order valence-electron chi connectivity index (χ1n) is 4.81. The maximum absolute atomic E-state index is 11.8. The van der Waals surface area contributed by atoms with Gasteiger partial charge >= 0.3 is 0 Å². The van der Waals surface area contributed by atoms with Gasteiger partial charge in [-0.15, -0.1) is 0 Å². The van der Waals surface area contributed by atoms with E-state index in [9.17, 15) is 4.79 Å². The topological polar surface area (TPSA) is 46.3 Å². The van der Waals surface area contributed by atoms with Crippen LogP contribution in [0, 0.1) is 5.92 Å². The Hall–Kier alpha value is -0.640. The van der Waals surface area contributed by atoms with Crippen LogP contribution in [0.5, 0.6) is 0 Å². The molecule has 0 saturated carbocycles. The number of hydrogen-bond donors (Lipinski definition) is 1. The number of carbonyl (C=O) groups excluding carboxylic acids is 1. The minimum absolute atomic E-state index is 0.00986. The van der Waals surface area contributed by atoms with Gasteiger partial charge in [-0.3, -0.25) is 4.79 Å². The molecule has 0 aliphatic carbocycles. The van der Waals surface area contributed by atoms with Crippen molar-refractivity contribution >= 4 is 23.1 Å². The molecular formula is C10H20N2OS. The molecule has 0 radical (unpaired) electrons. The van der Waals surface area contributed by atoms with Gasteiger partial charge in [-0.2, -0.15) is 0 Å². The molecule has 1 amide bonds. The van der Waals surface area contributed by atoms with Gasteiger partial charge in [0.2, 0.25) is 5.91 Å². The molecule has 1 atom stereocenters. The van der Waals surface area contributed by atoms with E-state index in [2.05, 4.69) is 6.92 Å². The second-order valence-electron chi connectivity index (χ2n) is 4.19. The Morgan fingerprint density at radius 3 is 2.29 bits per heavy atom. The lowest BCUT2D eigenvalue weighted by Crippen LogP contribution is -2.48. The molecule has 0 aromatic heterocycles. The zero-order chi connectivity index (χ0) is 11.5. The van der Waals surface area contributed by atoms with Gasteiger partial charge in [-0.05, 0) is 27.2 Å². The molecule has 0 heterocycles. The third kappa shape index (κ3) is 2.94. The molecule has 0 spiro atoms. The van der Waals surface area contributed by atoms with Crippen LogP contribution in [0.2, 0.25) is 0 Å². The van der Waals surface area contributed by atoms with Gasteiger partial charge in [0.1, 0.15) is 0 Å². The van der Waals surface area contributed by atoms with Crippen LogP contribution >= 0.6 is 12.2 Å². The zero-order valence-electron chi connectivity index (χ0n) is 9.63. The van der Waals surface area contributed by atoms with Crippen LogP contribution in [0.3, 0.4) is 0 Å². The number of nitrogens with two attached hydrogens (primary N) is 1. The van der Waals surface area contributed by atoms with E-state index < -0.39 is 0 Å². The molecule has 0 bridgehead atoms. The van der Waals surface area contributed by atoms with Crippen LogP contribution < -0.4 is 5.73 Å². The summed E-state index contributed by atoms with van der Waals surface area (Å²) in [5.41, 5.74) is 5.30. The summed E-state index contributed by atoms with van der Waals surface area (Å²) in [6, 6.07) is 0. The summed E-state index contributed by atoms with van der Waals surface area (Å²) in [4.78, 5) is 13.8. The van der Waals surface area contributed by atoms with Crippen LogP contribution in [0.4, 0.5) is 0 Å². The average Bonchev–Trinajstić information content (AvgIpc) is 2.14. The van der Waals surface area contributed by atoms with Gasteiger partial charge in [0.05, 0.1) is 10.9 Å². The standard InChI is InChI=1S/C10H20N2OS/c1-6-10(3,4)12(5)9(13)7(2)8(11)14/h7H,6H2,1-5H3,(H2,11,14). The second kappa shape index (κ2) is 4.73. The number of rotatable bonds is 4. The van der Waals surface area contributed by atoms with Crippen molar-refractivity contribution in [3.8, 4) is 0 Å². The maximum Gasteiger partial charge on any atom is 0.232 e. The predicted octanol–water partition coefficient (Wildman–Crippen LogP) is 1.56. The Kier molecular flexibility index (Phi) is 4.52. The fourth-order valence-corrected chi connectivity index (χ4v) is 1.05. The van der Waals surface area contributed by atoms with E-state index in [1.165, 1.54) is 0 Å². The zero-order valence-corrected chi connectivity index (χ0v) is 10.4. The summed E-state index contributed by atoms with van der Waals surface area (Å²) in [5.74, 6) is -0.384. The van der Waals surface area contributed by atoms with Crippen molar-refractivity contribution < 1.29 is 4.79 Å². The molecule has 0 aliphatic rings. The normalized spacial score (nSPS) is 13.5. The Labute approximate surface area is 91.6 Å². The number of amides is 1. The highest BCUT2D eigenvalue weighted by Gasteiger charge is 2.29. The van der Waals surface area contributed by atoms with Crippen molar-refractivity contribution in [3.63, 3.8) is 0 Å². The summed E-state index contributed by atoms with van der Waals surface area (Å²) in [6.07, 6.45) is 0.902. The number of thiocarbonyl (C=S) groups is 1. The highest BCUT2D eigenvalue weighted by Crippen LogP contribution is 2.18. The third-order valence-corrected chi connectivity index (χ3v) is 3.25. The highest BCUT2D eigenvalue weighted by atomic mass is 32.1. The van der Waals surface area contributed by atoms with E-state index in [1.807, 2.05) is 13.8 Å². The molecule has 0 aromatic rings. The largest absolute Gasteiger partial charge is 0.393 e. The number of carbonyl (C=O) groups is 1. The molecule has 4 heteroatoms. The van der Waals surface area contributed by atoms with Crippen molar-refractivity contribution in [2.45, 2.75) is 39.7 Å². The minimum atomic E-state index is -0.374.